The average Bonchev–Trinajstić information content (AvgIpc) is 2.83. The summed E-state index contributed by atoms with van der Waals surface area (Å²) in [6, 6.07) is 5.56. The first-order valence-corrected chi connectivity index (χ1v) is 5.59. The Morgan fingerprint density at radius 2 is 2.00 bits per heavy atom. The van der Waals surface area contributed by atoms with E-state index in [-0.39, 0.29) is 12.4 Å². The maximum absolute atomic E-state index is 12.7. The molecule has 2 rings (SSSR count). The molecule has 0 bridgehead atoms. The highest BCUT2D eigenvalue weighted by Gasteiger charge is 2.41. The molecular weight excluding hydrogens is 282 g/mol. The number of halogens is 4. The van der Waals surface area contributed by atoms with Crippen molar-refractivity contribution in [3.8, 4) is 5.75 Å². The minimum absolute atomic E-state index is 0.0164. The number of nitrogens with one attached hydrogen (secondary N) is 1. The normalized spacial score (nSPS) is 15.2. The van der Waals surface area contributed by atoms with Gasteiger partial charge in [0.2, 0.25) is 0 Å². The van der Waals surface area contributed by atoms with E-state index in [1.165, 1.54) is 35.6 Å². The number of nitrogens with zero attached hydrogens (tertiary/aromatic N) is 2. The van der Waals surface area contributed by atoms with Gasteiger partial charge in [-0.2, -0.15) is 18.6 Å². The van der Waals surface area contributed by atoms with Crippen LogP contribution in [0, 0.1) is 5.21 Å². The third-order valence-corrected chi connectivity index (χ3v) is 2.57. The van der Waals surface area contributed by atoms with Crippen LogP contribution in [0.15, 0.2) is 24.3 Å². The van der Waals surface area contributed by atoms with Crippen LogP contribution < -0.4 is 15.1 Å². The quantitative estimate of drug-likeness (QED) is 0.511. The van der Waals surface area contributed by atoms with Gasteiger partial charge in [-0.1, -0.05) is 0 Å². The van der Waals surface area contributed by atoms with Crippen LogP contribution in [0.5, 0.6) is 5.75 Å². The molecule has 1 aliphatic rings. The molecule has 20 heavy (non-hydrogen) atoms. The summed E-state index contributed by atoms with van der Waals surface area (Å²) < 4.78 is 53.8. The molecule has 1 N–H and O–H groups in total. The number of hydrazone groups is 1. The summed E-state index contributed by atoms with van der Waals surface area (Å²) in [5.41, 5.74) is 0.509. The second-order valence-corrected chi connectivity index (χ2v) is 4.04. The van der Waals surface area contributed by atoms with Crippen LogP contribution in [0.4, 0.5) is 23.2 Å². The molecule has 5 nitrogen and oxygen atoms in total. The standard InChI is InChI=1S/C11H11F4N3O2/c12-10(13)11(14,15)5-20-9-3-1-8(2-4-9)17-6-16-7-18(17)19/h1-4,7,10,16H,5-6H2. The second-order valence-electron chi connectivity index (χ2n) is 4.04. The Balaban J connectivity index is 1.97. The molecule has 0 radical (unpaired) electrons. The molecule has 0 saturated carbocycles. The minimum Gasteiger partial charge on any atom is -0.692 e. The summed E-state index contributed by atoms with van der Waals surface area (Å²) in [7, 11) is 0. The van der Waals surface area contributed by atoms with Gasteiger partial charge in [-0.25, -0.2) is 8.78 Å². The third kappa shape index (κ3) is 3.03. The zero-order valence-corrected chi connectivity index (χ0v) is 10.1. The zero-order chi connectivity index (χ0) is 14.8. The van der Waals surface area contributed by atoms with Gasteiger partial charge in [0.15, 0.2) is 13.3 Å². The van der Waals surface area contributed by atoms with Gasteiger partial charge in [-0.15, -0.1) is 0 Å². The summed E-state index contributed by atoms with van der Waals surface area (Å²) in [6.07, 6.45) is -2.56. The largest absolute Gasteiger partial charge is 0.692 e. The lowest BCUT2D eigenvalue weighted by Crippen LogP contribution is -2.33. The van der Waals surface area contributed by atoms with Crippen molar-refractivity contribution in [2.24, 2.45) is 0 Å². The summed E-state index contributed by atoms with van der Waals surface area (Å²) >= 11 is 0. The highest BCUT2D eigenvalue weighted by Crippen LogP contribution is 2.25. The van der Waals surface area contributed by atoms with Gasteiger partial charge in [0.25, 0.3) is 6.34 Å². The molecular formula is C11H11F4N3O2. The number of hydrogen-bond acceptors (Lipinski definition) is 4. The lowest BCUT2D eigenvalue weighted by atomic mass is 10.3. The van der Waals surface area contributed by atoms with Crippen molar-refractivity contribution in [2.75, 3.05) is 18.3 Å². The summed E-state index contributed by atoms with van der Waals surface area (Å²) in [5, 5.41) is 15.3. The van der Waals surface area contributed by atoms with E-state index in [0.717, 1.165) is 0 Å². The lowest BCUT2D eigenvalue weighted by Gasteiger charge is -2.19. The maximum Gasteiger partial charge on any atom is 0.340 e. The van der Waals surface area contributed by atoms with Gasteiger partial charge >= 0.3 is 12.3 Å². The molecule has 110 valence electrons. The number of alkyl halides is 4. The van der Waals surface area contributed by atoms with Crippen molar-refractivity contribution in [1.82, 2.24) is 5.32 Å². The lowest BCUT2D eigenvalue weighted by molar-refractivity contribution is -0.459. The summed E-state index contributed by atoms with van der Waals surface area (Å²) in [6.45, 7) is -1.14. The Kier molecular flexibility index (Phi) is 3.86. The van der Waals surface area contributed by atoms with E-state index in [0.29, 0.717) is 10.5 Å². The molecule has 0 fully saturated rings. The molecule has 0 atom stereocenters. The van der Waals surface area contributed by atoms with Crippen molar-refractivity contribution in [3.63, 3.8) is 0 Å². The van der Waals surface area contributed by atoms with Crippen LogP contribution >= 0.6 is 0 Å². The van der Waals surface area contributed by atoms with Crippen molar-refractivity contribution >= 4 is 12.0 Å². The molecule has 0 unspecified atom stereocenters. The van der Waals surface area contributed by atoms with Gasteiger partial charge in [-0.3, -0.25) is 5.32 Å². The third-order valence-electron chi connectivity index (χ3n) is 2.57. The molecule has 9 heteroatoms. The van der Waals surface area contributed by atoms with Crippen LogP contribution in [-0.2, 0) is 0 Å². The van der Waals surface area contributed by atoms with E-state index in [1.807, 2.05) is 0 Å². The molecule has 1 aromatic rings. The predicted octanol–water partition coefficient (Wildman–Crippen LogP) is 1.79. The number of benzene rings is 1. The first-order valence-electron chi connectivity index (χ1n) is 5.59. The van der Waals surface area contributed by atoms with E-state index in [4.69, 9.17) is 0 Å². The monoisotopic (exact) mass is 293 g/mol. The molecule has 0 saturated heterocycles. The van der Waals surface area contributed by atoms with E-state index >= 15 is 0 Å². The van der Waals surface area contributed by atoms with Crippen molar-refractivity contribution in [3.05, 3.63) is 29.5 Å². The Morgan fingerprint density at radius 3 is 2.50 bits per heavy atom. The van der Waals surface area contributed by atoms with Crippen LogP contribution in [0.1, 0.15) is 0 Å². The topological polar surface area (TPSA) is 50.6 Å². The molecule has 1 heterocycles. The van der Waals surface area contributed by atoms with Crippen LogP contribution in [0.25, 0.3) is 0 Å². The van der Waals surface area contributed by atoms with E-state index in [1.54, 1.807) is 0 Å². The number of rotatable bonds is 5. The van der Waals surface area contributed by atoms with Crippen LogP contribution in [0.2, 0.25) is 0 Å². The summed E-state index contributed by atoms with van der Waals surface area (Å²) in [4.78, 5) is 0.570. The van der Waals surface area contributed by atoms with Crippen molar-refractivity contribution in [1.29, 1.82) is 0 Å². The fraction of sp³-hybridized carbons (Fsp3) is 0.364. The molecule has 0 spiro atoms. The van der Waals surface area contributed by atoms with Crippen molar-refractivity contribution < 1.29 is 27.1 Å². The van der Waals surface area contributed by atoms with Gasteiger partial charge in [-0.05, 0) is 24.3 Å². The van der Waals surface area contributed by atoms with Crippen LogP contribution in [-0.4, -0.2) is 36.8 Å². The highest BCUT2D eigenvalue weighted by molar-refractivity contribution is 5.55. The van der Waals surface area contributed by atoms with Gasteiger partial charge in [0.1, 0.15) is 5.75 Å². The van der Waals surface area contributed by atoms with Gasteiger partial charge in [0, 0.05) is 0 Å². The predicted molar refractivity (Wildman–Crippen MR) is 63.1 cm³/mol. The Bertz CT molecular complexity index is 493. The highest BCUT2D eigenvalue weighted by atomic mass is 19.3. The average molecular weight is 293 g/mol. The summed E-state index contributed by atoms with van der Waals surface area (Å²) in [5.74, 6) is -4.18. The first kappa shape index (κ1) is 14.2. The van der Waals surface area contributed by atoms with Gasteiger partial charge < -0.3 is 9.94 Å². The molecule has 0 aliphatic carbocycles. The zero-order valence-electron chi connectivity index (χ0n) is 10.1. The molecule has 1 aliphatic heterocycles. The Hall–Kier alpha value is -2.19. The smallest absolute Gasteiger partial charge is 0.340 e. The fourth-order valence-corrected chi connectivity index (χ4v) is 1.51. The number of ether oxygens (including phenoxy) is 1. The van der Waals surface area contributed by atoms with E-state index < -0.39 is 19.0 Å². The Morgan fingerprint density at radius 1 is 1.35 bits per heavy atom. The maximum atomic E-state index is 12.7. The number of anilines is 1. The van der Waals surface area contributed by atoms with E-state index in [2.05, 4.69) is 10.1 Å². The Labute approximate surface area is 111 Å². The fourth-order valence-electron chi connectivity index (χ4n) is 1.51. The van der Waals surface area contributed by atoms with E-state index in [9.17, 15) is 22.8 Å². The molecule has 0 aromatic heterocycles. The second kappa shape index (κ2) is 5.43. The molecule has 0 amide bonds. The SMILES string of the molecule is [O-][N+]1=CNCN1c1ccc(OCC(F)(F)C(F)F)cc1. The number of hydrazine groups is 1. The minimum atomic E-state index is -4.20. The molecule has 1 aromatic carbocycles. The number of hydrogen-bond donors (Lipinski definition) is 1. The van der Waals surface area contributed by atoms with Gasteiger partial charge in [0.05, 0.1) is 5.69 Å². The first-order chi connectivity index (χ1) is 9.40. The van der Waals surface area contributed by atoms with Crippen molar-refractivity contribution in [2.45, 2.75) is 12.3 Å². The van der Waals surface area contributed by atoms with Crippen LogP contribution in [0.3, 0.4) is 0 Å².